The summed E-state index contributed by atoms with van der Waals surface area (Å²) in [7, 11) is -6.02. The lowest BCUT2D eigenvalue weighted by atomic mass is 9.83. The first-order chi connectivity index (χ1) is 15.9. The van der Waals surface area contributed by atoms with E-state index in [0.29, 0.717) is 5.56 Å². The minimum atomic E-state index is -6.02. The number of anilines is 1. The van der Waals surface area contributed by atoms with E-state index < -0.39 is 57.2 Å². The van der Waals surface area contributed by atoms with Gasteiger partial charge in [-0.15, -0.1) is 0 Å². The highest BCUT2D eigenvalue weighted by Crippen LogP contribution is 2.40. The van der Waals surface area contributed by atoms with Crippen LogP contribution in [0.3, 0.4) is 0 Å². The first kappa shape index (κ1) is 26.8. The van der Waals surface area contributed by atoms with Gasteiger partial charge in [0.1, 0.15) is 11.7 Å². The van der Waals surface area contributed by atoms with E-state index in [4.69, 9.17) is 0 Å². The number of alkyl halides is 3. The van der Waals surface area contributed by atoms with Crippen molar-refractivity contribution in [3.63, 3.8) is 0 Å². The molecule has 1 aromatic heterocycles. The standard InChI is InChI=1S/C21H23F3N2O8S/c1-19(28,29)13-11-26(18(27)17(13)20(2,30)31)16-9-8-15(34-35(32,33)21(22,23)24)14(25-16)10-12-6-4-3-5-7-12/h3-9,13,17,28-31H,10-11H2,1-2H3/t13-,17-/m0/s1. The number of carbonyl (C=O) groups excluding carboxylic acids is 1. The number of hydrogen-bond donors (Lipinski definition) is 4. The molecule has 0 saturated carbocycles. The lowest BCUT2D eigenvalue weighted by molar-refractivity contribution is -0.243. The van der Waals surface area contributed by atoms with E-state index >= 15 is 0 Å². The van der Waals surface area contributed by atoms with E-state index in [-0.39, 0.29) is 17.9 Å². The SMILES string of the molecule is CC(O)(O)[C@@H]1C(=O)N(c2ccc(OS(=O)(=O)C(F)(F)F)c(Cc3ccccc3)n2)C[C@@H]1C(C)(O)O. The Morgan fingerprint density at radius 2 is 1.63 bits per heavy atom. The number of aromatic nitrogens is 1. The summed E-state index contributed by atoms with van der Waals surface area (Å²) in [6.45, 7) is 1.42. The van der Waals surface area contributed by atoms with Gasteiger partial charge in [0.2, 0.25) is 5.91 Å². The molecular weight excluding hydrogens is 497 g/mol. The van der Waals surface area contributed by atoms with Crippen LogP contribution >= 0.6 is 0 Å². The lowest BCUT2D eigenvalue weighted by Gasteiger charge is -2.32. The zero-order valence-electron chi connectivity index (χ0n) is 18.5. The van der Waals surface area contributed by atoms with Crippen molar-refractivity contribution >= 4 is 21.8 Å². The molecule has 1 aromatic carbocycles. The van der Waals surface area contributed by atoms with E-state index in [2.05, 4.69) is 9.17 Å². The van der Waals surface area contributed by atoms with Gasteiger partial charge in [0.15, 0.2) is 17.3 Å². The first-order valence-electron chi connectivity index (χ1n) is 10.2. The van der Waals surface area contributed by atoms with Gasteiger partial charge in [-0.05, 0) is 31.5 Å². The first-order valence-corrected chi connectivity index (χ1v) is 11.6. The Balaban J connectivity index is 2.07. The van der Waals surface area contributed by atoms with Crippen LogP contribution in [0.1, 0.15) is 25.1 Å². The molecule has 1 saturated heterocycles. The summed E-state index contributed by atoms with van der Waals surface area (Å²) in [5.74, 6) is -10.1. The van der Waals surface area contributed by atoms with Gasteiger partial charge in [-0.1, -0.05) is 30.3 Å². The van der Waals surface area contributed by atoms with Crippen molar-refractivity contribution < 1.29 is 51.0 Å². The minimum Gasteiger partial charge on any atom is -0.374 e. The summed E-state index contributed by atoms with van der Waals surface area (Å²) in [6.07, 6.45) is -0.179. The quantitative estimate of drug-likeness (QED) is 0.236. The second-order valence-electron chi connectivity index (χ2n) is 8.48. The fraction of sp³-hybridized carbons (Fsp3) is 0.429. The van der Waals surface area contributed by atoms with Gasteiger partial charge in [-0.25, -0.2) is 4.98 Å². The van der Waals surface area contributed by atoms with E-state index in [1.807, 2.05) is 0 Å². The molecule has 14 heteroatoms. The molecule has 0 radical (unpaired) electrons. The van der Waals surface area contributed by atoms with Gasteiger partial charge in [-0.3, -0.25) is 9.69 Å². The predicted octanol–water partition coefficient (Wildman–Crippen LogP) is 0.881. The number of nitrogens with zero attached hydrogens (tertiary/aromatic N) is 2. The Morgan fingerprint density at radius 1 is 1.03 bits per heavy atom. The zero-order valence-corrected chi connectivity index (χ0v) is 19.3. The number of pyridine rings is 1. The maximum atomic E-state index is 13.0. The van der Waals surface area contributed by atoms with Crippen molar-refractivity contribution in [2.24, 2.45) is 11.8 Å². The van der Waals surface area contributed by atoms with E-state index in [9.17, 15) is 46.8 Å². The molecule has 2 aromatic rings. The minimum absolute atomic E-state index is 0.179. The van der Waals surface area contributed by atoms with Crippen LogP contribution in [0.15, 0.2) is 42.5 Å². The monoisotopic (exact) mass is 520 g/mol. The van der Waals surface area contributed by atoms with Gasteiger partial charge in [0, 0.05) is 18.9 Å². The molecule has 4 N–H and O–H groups in total. The topological polar surface area (TPSA) is 157 Å². The van der Waals surface area contributed by atoms with Crippen LogP contribution in [0.5, 0.6) is 5.75 Å². The average Bonchev–Trinajstić information content (AvgIpc) is 3.07. The third kappa shape index (κ3) is 5.73. The fourth-order valence-electron chi connectivity index (χ4n) is 3.83. The normalized spacial score (nSPS) is 19.8. The molecule has 3 rings (SSSR count). The van der Waals surface area contributed by atoms with Crippen molar-refractivity contribution in [1.82, 2.24) is 4.98 Å². The molecule has 1 fully saturated rings. The molecule has 0 unspecified atom stereocenters. The maximum Gasteiger partial charge on any atom is 0.534 e. The number of carbonyl (C=O) groups is 1. The third-order valence-electron chi connectivity index (χ3n) is 5.50. The molecule has 192 valence electrons. The Bertz CT molecular complexity index is 1190. The highest BCUT2D eigenvalue weighted by Gasteiger charge is 2.56. The Hall–Kier alpha value is -2.78. The Labute approximate surface area is 198 Å². The van der Waals surface area contributed by atoms with Gasteiger partial charge < -0.3 is 24.6 Å². The average molecular weight is 520 g/mol. The van der Waals surface area contributed by atoms with E-state index in [1.54, 1.807) is 30.3 Å². The molecule has 2 heterocycles. The highest BCUT2D eigenvalue weighted by molar-refractivity contribution is 7.88. The fourth-order valence-corrected chi connectivity index (χ4v) is 4.31. The van der Waals surface area contributed by atoms with Crippen LogP contribution in [0.4, 0.5) is 19.0 Å². The molecule has 0 spiro atoms. The molecule has 35 heavy (non-hydrogen) atoms. The third-order valence-corrected chi connectivity index (χ3v) is 6.46. The zero-order chi connectivity index (χ0) is 26.4. The number of aliphatic hydroxyl groups is 4. The van der Waals surface area contributed by atoms with E-state index in [0.717, 1.165) is 30.9 Å². The summed E-state index contributed by atoms with van der Waals surface area (Å²) in [6, 6.07) is 10.1. The van der Waals surface area contributed by atoms with Crippen molar-refractivity contribution in [2.75, 3.05) is 11.4 Å². The summed E-state index contributed by atoms with van der Waals surface area (Å²) >= 11 is 0. The van der Waals surface area contributed by atoms with Crippen molar-refractivity contribution in [2.45, 2.75) is 37.4 Å². The lowest BCUT2D eigenvalue weighted by Crippen LogP contribution is -2.49. The summed E-state index contributed by atoms with van der Waals surface area (Å²) < 4.78 is 66.1. The van der Waals surface area contributed by atoms with Crippen molar-refractivity contribution in [3.05, 3.63) is 53.7 Å². The predicted molar refractivity (Wildman–Crippen MR) is 114 cm³/mol. The summed E-state index contributed by atoms with van der Waals surface area (Å²) in [4.78, 5) is 18.0. The summed E-state index contributed by atoms with van der Waals surface area (Å²) in [5.41, 5.74) is -5.42. The van der Waals surface area contributed by atoms with Gasteiger partial charge in [0.05, 0.1) is 5.69 Å². The number of rotatable bonds is 7. The Kier molecular flexibility index (Phi) is 6.91. The van der Waals surface area contributed by atoms with Crippen LogP contribution in [-0.2, 0) is 21.3 Å². The van der Waals surface area contributed by atoms with Gasteiger partial charge >= 0.3 is 15.6 Å². The molecule has 2 atom stereocenters. The van der Waals surface area contributed by atoms with Gasteiger partial charge in [-0.2, -0.15) is 21.6 Å². The Morgan fingerprint density at radius 3 is 2.11 bits per heavy atom. The highest BCUT2D eigenvalue weighted by atomic mass is 32.2. The molecule has 1 amide bonds. The smallest absolute Gasteiger partial charge is 0.374 e. The molecule has 1 aliphatic heterocycles. The number of benzene rings is 1. The second-order valence-corrected chi connectivity index (χ2v) is 10.0. The number of amides is 1. The van der Waals surface area contributed by atoms with Crippen LogP contribution in [-0.4, -0.2) is 63.4 Å². The van der Waals surface area contributed by atoms with Crippen LogP contribution in [0.2, 0.25) is 0 Å². The molecule has 0 aliphatic carbocycles. The molecule has 1 aliphatic rings. The largest absolute Gasteiger partial charge is 0.534 e. The molecule has 0 bridgehead atoms. The van der Waals surface area contributed by atoms with Crippen LogP contribution < -0.4 is 9.08 Å². The van der Waals surface area contributed by atoms with E-state index in [1.165, 1.54) is 0 Å². The van der Waals surface area contributed by atoms with Gasteiger partial charge in [0.25, 0.3) is 0 Å². The van der Waals surface area contributed by atoms with Crippen LogP contribution in [0, 0.1) is 11.8 Å². The van der Waals surface area contributed by atoms with Crippen molar-refractivity contribution in [1.29, 1.82) is 0 Å². The molecule has 10 nitrogen and oxygen atoms in total. The number of hydrogen-bond acceptors (Lipinski definition) is 9. The number of halogens is 3. The van der Waals surface area contributed by atoms with Crippen molar-refractivity contribution in [3.8, 4) is 5.75 Å². The molecular formula is C21H23F3N2O8S. The maximum absolute atomic E-state index is 13.0. The summed E-state index contributed by atoms with van der Waals surface area (Å²) in [5, 5.41) is 40.3. The second kappa shape index (κ2) is 9.02. The van der Waals surface area contributed by atoms with Crippen LogP contribution in [0.25, 0.3) is 0 Å².